The Bertz CT molecular complexity index is 1190. The van der Waals surface area contributed by atoms with Crippen molar-refractivity contribution < 1.29 is 14.5 Å². The second-order valence-corrected chi connectivity index (χ2v) is 7.21. The van der Waals surface area contributed by atoms with Crippen LogP contribution < -0.4 is 10.3 Å². The number of nitro benzene ring substituents is 1. The van der Waals surface area contributed by atoms with Crippen molar-refractivity contribution in [2.24, 2.45) is 0 Å². The number of rotatable bonds is 8. The quantitative estimate of drug-likeness (QED) is 0.415. The highest BCUT2D eigenvalue weighted by Crippen LogP contribution is 2.28. The normalized spacial score (nSPS) is 10.8. The minimum absolute atomic E-state index is 0.0331. The molecule has 3 aromatic rings. The van der Waals surface area contributed by atoms with Crippen molar-refractivity contribution >= 4 is 34.1 Å². The number of benzene rings is 2. The lowest BCUT2D eigenvalue weighted by Crippen LogP contribution is -2.32. The van der Waals surface area contributed by atoms with E-state index in [-0.39, 0.29) is 35.7 Å². The number of hydrogen-bond acceptors (Lipinski definition) is 6. The van der Waals surface area contributed by atoms with Crippen LogP contribution in [0, 0.1) is 10.1 Å². The van der Waals surface area contributed by atoms with E-state index in [1.54, 1.807) is 25.1 Å². The van der Waals surface area contributed by atoms with Crippen LogP contribution in [0.3, 0.4) is 0 Å². The third-order valence-corrected chi connectivity index (χ3v) is 4.78. The fourth-order valence-corrected chi connectivity index (χ4v) is 3.36. The van der Waals surface area contributed by atoms with Gasteiger partial charge < -0.3 is 14.6 Å². The van der Waals surface area contributed by atoms with Gasteiger partial charge in [-0.25, -0.2) is 4.98 Å². The molecule has 1 heterocycles. The molecule has 0 spiro atoms. The average molecular weight is 445 g/mol. The molecule has 0 unspecified atom stereocenters. The predicted molar refractivity (Wildman–Crippen MR) is 117 cm³/mol. The van der Waals surface area contributed by atoms with E-state index in [0.29, 0.717) is 34.7 Å². The Hall–Kier alpha value is -3.46. The highest BCUT2D eigenvalue weighted by Gasteiger charge is 2.22. The first kappa shape index (κ1) is 22.2. The second kappa shape index (κ2) is 9.57. The van der Waals surface area contributed by atoms with Crippen molar-refractivity contribution in [1.29, 1.82) is 0 Å². The number of nitrogens with zero attached hydrogens (tertiary/aromatic N) is 3. The molecule has 10 heteroatoms. The fraction of sp³-hybridized carbons (Fsp3) is 0.286. The van der Waals surface area contributed by atoms with Gasteiger partial charge in [-0.1, -0.05) is 18.5 Å². The molecule has 0 atom stereocenters. The SMILES string of the molecule is CCCN(Cc1nc2cc(Cl)ccc2c(=O)[nH]1)C(=O)c1ccc(OCC)c([N+](=O)[O-])c1. The van der Waals surface area contributed by atoms with Crippen LogP contribution in [0.2, 0.25) is 5.02 Å². The maximum absolute atomic E-state index is 13.1. The first-order valence-electron chi connectivity index (χ1n) is 9.73. The number of H-pyrrole nitrogens is 1. The van der Waals surface area contributed by atoms with E-state index in [1.165, 1.54) is 23.1 Å². The van der Waals surface area contributed by atoms with Crippen molar-refractivity contribution in [3.63, 3.8) is 0 Å². The summed E-state index contributed by atoms with van der Waals surface area (Å²) in [6, 6.07) is 8.87. The Morgan fingerprint density at radius 2 is 2.03 bits per heavy atom. The Balaban J connectivity index is 1.94. The molecule has 2 aromatic carbocycles. The molecule has 31 heavy (non-hydrogen) atoms. The van der Waals surface area contributed by atoms with E-state index in [2.05, 4.69) is 9.97 Å². The van der Waals surface area contributed by atoms with Crippen molar-refractivity contribution in [2.75, 3.05) is 13.2 Å². The van der Waals surface area contributed by atoms with E-state index in [0.717, 1.165) is 0 Å². The Kier molecular flexibility index (Phi) is 6.86. The molecule has 162 valence electrons. The summed E-state index contributed by atoms with van der Waals surface area (Å²) in [5.74, 6) is -0.0210. The largest absolute Gasteiger partial charge is 0.487 e. The third-order valence-electron chi connectivity index (χ3n) is 4.54. The maximum Gasteiger partial charge on any atom is 0.311 e. The highest BCUT2D eigenvalue weighted by molar-refractivity contribution is 6.31. The number of carbonyl (C=O) groups is 1. The minimum Gasteiger partial charge on any atom is -0.487 e. The van der Waals surface area contributed by atoms with Gasteiger partial charge in [0.25, 0.3) is 11.5 Å². The predicted octanol–water partition coefficient (Wildman–Crippen LogP) is 3.94. The Morgan fingerprint density at radius 3 is 2.71 bits per heavy atom. The van der Waals surface area contributed by atoms with Crippen LogP contribution in [0.4, 0.5) is 5.69 Å². The number of nitrogens with one attached hydrogen (secondary N) is 1. The van der Waals surface area contributed by atoms with Gasteiger partial charge in [0.15, 0.2) is 5.75 Å². The first-order chi connectivity index (χ1) is 14.8. The van der Waals surface area contributed by atoms with Crippen LogP contribution in [0.1, 0.15) is 36.5 Å². The number of aromatic amines is 1. The van der Waals surface area contributed by atoms with Crippen LogP contribution in [0.25, 0.3) is 10.9 Å². The summed E-state index contributed by atoms with van der Waals surface area (Å²) in [5, 5.41) is 12.2. The monoisotopic (exact) mass is 444 g/mol. The molecular formula is C21H21ClN4O5. The molecule has 1 amide bonds. The lowest BCUT2D eigenvalue weighted by molar-refractivity contribution is -0.385. The van der Waals surface area contributed by atoms with Crippen LogP contribution >= 0.6 is 11.6 Å². The van der Waals surface area contributed by atoms with Crippen LogP contribution in [-0.2, 0) is 6.54 Å². The van der Waals surface area contributed by atoms with Gasteiger partial charge in [0.05, 0.1) is 29.0 Å². The van der Waals surface area contributed by atoms with Crippen LogP contribution in [0.15, 0.2) is 41.2 Å². The number of amides is 1. The summed E-state index contributed by atoms with van der Waals surface area (Å²) in [7, 11) is 0. The topological polar surface area (TPSA) is 118 Å². The lowest BCUT2D eigenvalue weighted by Gasteiger charge is -2.22. The molecule has 0 aliphatic rings. The molecule has 0 bridgehead atoms. The number of ether oxygens (including phenoxy) is 1. The molecule has 0 saturated carbocycles. The molecule has 9 nitrogen and oxygen atoms in total. The van der Waals surface area contributed by atoms with E-state index in [9.17, 15) is 19.7 Å². The van der Waals surface area contributed by atoms with Crippen LogP contribution in [-0.4, -0.2) is 38.8 Å². The molecule has 1 aromatic heterocycles. The molecule has 0 saturated heterocycles. The van der Waals surface area contributed by atoms with Gasteiger partial charge in [0, 0.05) is 23.2 Å². The number of hydrogen-bond donors (Lipinski definition) is 1. The van der Waals surface area contributed by atoms with Crippen LogP contribution in [0.5, 0.6) is 5.75 Å². The zero-order chi connectivity index (χ0) is 22.5. The zero-order valence-electron chi connectivity index (χ0n) is 17.1. The average Bonchev–Trinajstić information content (AvgIpc) is 2.73. The summed E-state index contributed by atoms with van der Waals surface area (Å²) in [6.07, 6.45) is 0.647. The number of carbonyl (C=O) groups excluding carboxylic acids is 1. The minimum atomic E-state index is -0.585. The first-order valence-corrected chi connectivity index (χ1v) is 10.1. The Morgan fingerprint density at radius 1 is 1.26 bits per heavy atom. The number of halogens is 1. The zero-order valence-corrected chi connectivity index (χ0v) is 17.8. The summed E-state index contributed by atoms with van der Waals surface area (Å²) >= 11 is 6.00. The summed E-state index contributed by atoms with van der Waals surface area (Å²) < 4.78 is 5.27. The molecule has 0 aliphatic carbocycles. The summed E-state index contributed by atoms with van der Waals surface area (Å²) in [5.41, 5.74) is -0.0464. The molecule has 0 fully saturated rings. The van der Waals surface area contributed by atoms with E-state index < -0.39 is 10.8 Å². The van der Waals surface area contributed by atoms with Gasteiger partial charge >= 0.3 is 5.69 Å². The maximum atomic E-state index is 13.1. The van der Waals surface area contributed by atoms with Crippen molar-refractivity contribution in [1.82, 2.24) is 14.9 Å². The van der Waals surface area contributed by atoms with Crippen molar-refractivity contribution in [3.8, 4) is 5.75 Å². The van der Waals surface area contributed by atoms with Gasteiger partial charge in [0.2, 0.25) is 0 Å². The second-order valence-electron chi connectivity index (χ2n) is 6.77. The molecule has 0 radical (unpaired) electrons. The van der Waals surface area contributed by atoms with E-state index >= 15 is 0 Å². The highest BCUT2D eigenvalue weighted by atomic mass is 35.5. The number of fused-ring (bicyclic) bond motifs is 1. The lowest BCUT2D eigenvalue weighted by atomic mass is 10.1. The van der Waals surface area contributed by atoms with E-state index in [4.69, 9.17) is 16.3 Å². The van der Waals surface area contributed by atoms with Gasteiger partial charge in [-0.2, -0.15) is 0 Å². The van der Waals surface area contributed by atoms with Gasteiger partial charge in [-0.15, -0.1) is 0 Å². The molecular weight excluding hydrogens is 424 g/mol. The molecule has 3 rings (SSSR count). The van der Waals surface area contributed by atoms with Gasteiger partial charge in [-0.05, 0) is 43.7 Å². The standard InChI is InChI=1S/C21H21ClN4O5/c1-3-9-25(12-19-23-16-11-14(22)6-7-15(16)20(27)24-19)21(28)13-5-8-18(31-4-2)17(10-13)26(29)30/h5-8,10-11H,3-4,9,12H2,1-2H3,(H,23,24,27). The van der Waals surface area contributed by atoms with Gasteiger partial charge in [-0.3, -0.25) is 19.7 Å². The number of nitro groups is 1. The van der Waals surface area contributed by atoms with E-state index in [1.807, 2.05) is 6.92 Å². The van der Waals surface area contributed by atoms with Crippen molar-refractivity contribution in [3.05, 3.63) is 73.3 Å². The summed E-state index contributed by atoms with van der Waals surface area (Å²) in [4.78, 5) is 44.9. The van der Waals surface area contributed by atoms with Crippen molar-refractivity contribution in [2.45, 2.75) is 26.8 Å². The summed E-state index contributed by atoms with van der Waals surface area (Å²) in [6.45, 7) is 4.29. The number of aromatic nitrogens is 2. The molecule has 0 aliphatic heterocycles. The smallest absolute Gasteiger partial charge is 0.311 e. The fourth-order valence-electron chi connectivity index (χ4n) is 3.19. The molecule has 1 N–H and O–H groups in total. The van der Waals surface area contributed by atoms with Gasteiger partial charge in [0.1, 0.15) is 5.82 Å². The third kappa shape index (κ3) is 5.00. The Labute approximate surface area is 182 Å².